The van der Waals surface area contributed by atoms with Gasteiger partial charge in [-0.1, -0.05) is 35.3 Å². The Morgan fingerprint density at radius 2 is 1.81 bits per heavy atom. The highest BCUT2D eigenvalue weighted by atomic mass is 35.5. The summed E-state index contributed by atoms with van der Waals surface area (Å²) in [5.74, 6) is 0. The number of hydrogen-bond acceptors (Lipinski definition) is 3. The van der Waals surface area contributed by atoms with E-state index in [1.54, 1.807) is 35.2 Å². The lowest BCUT2D eigenvalue weighted by Crippen LogP contribution is -3.14. The Kier molecular flexibility index (Phi) is 5.97. The number of hydrogen-bond donors (Lipinski definition) is 2. The summed E-state index contributed by atoms with van der Waals surface area (Å²) in [5, 5.41) is 0.659. The summed E-state index contributed by atoms with van der Waals surface area (Å²) in [6.07, 6.45) is 0. The second-order valence-corrected chi connectivity index (χ2v) is 8.78. The van der Waals surface area contributed by atoms with Crippen molar-refractivity contribution in [3.63, 3.8) is 0 Å². The van der Waals surface area contributed by atoms with Gasteiger partial charge in [-0.05, 0) is 37.3 Å². The second-order valence-electron chi connectivity index (χ2n) is 6.29. The van der Waals surface area contributed by atoms with Gasteiger partial charge < -0.3 is 9.80 Å². The molecule has 1 saturated heterocycles. The summed E-state index contributed by atoms with van der Waals surface area (Å²) in [6.45, 7) is 7.06. The molecule has 8 heteroatoms. The highest BCUT2D eigenvalue weighted by Crippen LogP contribution is 2.32. The summed E-state index contributed by atoms with van der Waals surface area (Å²) in [6, 6.07) is 11.7. The molecule has 26 heavy (non-hydrogen) atoms. The van der Waals surface area contributed by atoms with Gasteiger partial charge in [0.1, 0.15) is 4.90 Å². The van der Waals surface area contributed by atoms with Crippen molar-refractivity contribution in [2.24, 2.45) is 0 Å². The lowest BCUT2D eigenvalue weighted by molar-refractivity contribution is -0.898. The molecule has 0 spiro atoms. The minimum absolute atomic E-state index is 0.0489. The molecule has 0 saturated carbocycles. The van der Waals surface area contributed by atoms with Crippen LogP contribution in [0.25, 0.3) is 0 Å². The SMILES string of the molecule is CC[NH+]1CCN(c2ccc(Cl)cc2NS(=O)(=O)c2ccccc2Cl)CC1. The van der Waals surface area contributed by atoms with Crippen molar-refractivity contribution < 1.29 is 13.3 Å². The molecule has 140 valence electrons. The number of nitrogens with one attached hydrogen (secondary N) is 2. The molecule has 0 amide bonds. The van der Waals surface area contributed by atoms with Gasteiger partial charge in [0, 0.05) is 5.02 Å². The zero-order valence-electron chi connectivity index (χ0n) is 14.5. The fourth-order valence-electron chi connectivity index (χ4n) is 3.15. The number of nitrogens with zero attached hydrogens (tertiary/aromatic N) is 1. The number of sulfonamides is 1. The Morgan fingerprint density at radius 3 is 2.46 bits per heavy atom. The molecule has 0 aromatic heterocycles. The molecule has 2 aromatic rings. The van der Waals surface area contributed by atoms with Crippen LogP contribution in [0.4, 0.5) is 11.4 Å². The monoisotopic (exact) mass is 414 g/mol. The predicted molar refractivity (Wildman–Crippen MR) is 107 cm³/mol. The van der Waals surface area contributed by atoms with Gasteiger partial charge >= 0.3 is 0 Å². The van der Waals surface area contributed by atoms with Crippen molar-refractivity contribution in [2.75, 3.05) is 42.3 Å². The topological polar surface area (TPSA) is 53.9 Å². The van der Waals surface area contributed by atoms with Crippen LogP contribution in [-0.2, 0) is 10.0 Å². The molecule has 0 unspecified atom stereocenters. The summed E-state index contributed by atoms with van der Waals surface area (Å²) in [5.41, 5.74) is 1.30. The highest BCUT2D eigenvalue weighted by molar-refractivity contribution is 7.92. The lowest BCUT2D eigenvalue weighted by Gasteiger charge is -2.34. The van der Waals surface area contributed by atoms with E-state index in [9.17, 15) is 8.42 Å². The summed E-state index contributed by atoms with van der Waals surface area (Å²) in [7, 11) is -3.81. The lowest BCUT2D eigenvalue weighted by atomic mass is 10.2. The predicted octanol–water partition coefficient (Wildman–Crippen LogP) is 2.52. The van der Waals surface area contributed by atoms with Gasteiger partial charge in [0.25, 0.3) is 10.0 Å². The standard InChI is InChI=1S/C18H21Cl2N3O2S/c1-2-22-9-11-23(12-10-22)17-8-7-14(19)13-16(17)21-26(24,25)18-6-4-3-5-15(18)20/h3-8,13,21H,2,9-12H2,1H3/p+1. The third kappa shape index (κ3) is 4.26. The van der Waals surface area contributed by atoms with E-state index in [2.05, 4.69) is 16.5 Å². The first-order valence-electron chi connectivity index (χ1n) is 8.56. The van der Waals surface area contributed by atoms with Crippen LogP contribution in [0.2, 0.25) is 10.0 Å². The van der Waals surface area contributed by atoms with Crippen LogP contribution in [0, 0.1) is 0 Å². The quantitative estimate of drug-likeness (QED) is 0.789. The van der Waals surface area contributed by atoms with Crippen molar-refractivity contribution in [3.8, 4) is 0 Å². The fraction of sp³-hybridized carbons (Fsp3) is 0.333. The van der Waals surface area contributed by atoms with Gasteiger partial charge in [-0.2, -0.15) is 0 Å². The number of anilines is 2. The summed E-state index contributed by atoms with van der Waals surface area (Å²) < 4.78 is 28.3. The van der Waals surface area contributed by atoms with Gasteiger partial charge in [-0.15, -0.1) is 0 Å². The van der Waals surface area contributed by atoms with Crippen LogP contribution in [0.5, 0.6) is 0 Å². The van der Waals surface area contributed by atoms with Crippen LogP contribution in [0.15, 0.2) is 47.4 Å². The number of benzene rings is 2. The molecular formula is C18H22Cl2N3O2S+. The molecule has 3 rings (SSSR count). The van der Waals surface area contributed by atoms with Gasteiger partial charge in [-0.25, -0.2) is 8.42 Å². The molecule has 1 aliphatic rings. The third-order valence-electron chi connectivity index (χ3n) is 4.64. The van der Waals surface area contributed by atoms with E-state index in [0.717, 1.165) is 38.4 Å². The van der Waals surface area contributed by atoms with Crippen LogP contribution in [0.3, 0.4) is 0 Å². The molecule has 0 bridgehead atoms. The molecule has 1 fully saturated rings. The maximum atomic E-state index is 12.8. The van der Waals surface area contributed by atoms with Crippen molar-refractivity contribution in [2.45, 2.75) is 11.8 Å². The Bertz CT molecular complexity index is 882. The average molecular weight is 415 g/mol. The van der Waals surface area contributed by atoms with Crippen molar-refractivity contribution in [3.05, 3.63) is 52.5 Å². The molecule has 5 nitrogen and oxygen atoms in total. The molecule has 0 atom stereocenters. The highest BCUT2D eigenvalue weighted by Gasteiger charge is 2.24. The Morgan fingerprint density at radius 1 is 1.12 bits per heavy atom. The van der Waals surface area contributed by atoms with E-state index >= 15 is 0 Å². The summed E-state index contributed by atoms with van der Waals surface area (Å²) in [4.78, 5) is 3.79. The maximum Gasteiger partial charge on any atom is 0.263 e. The van der Waals surface area contributed by atoms with Crippen molar-refractivity contribution in [1.82, 2.24) is 0 Å². The zero-order chi connectivity index (χ0) is 18.7. The zero-order valence-corrected chi connectivity index (χ0v) is 16.8. The van der Waals surface area contributed by atoms with Crippen LogP contribution in [-0.4, -0.2) is 41.1 Å². The van der Waals surface area contributed by atoms with Gasteiger partial charge in [0.2, 0.25) is 0 Å². The Labute approximate surface area is 164 Å². The van der Waals surface area contributed by atoms with Crippen molar-refractivity contribution in [1.29, 1.82) is 0 Å². The second kappa shape index (κ2) is 8.05. The van der Waals surface area contributed by atoms with E-state index in [1.807, 2.05) is 6.07 Å². The maximum absolute atomic E-state index is 12.8. The third-order valence-corrected chi connectivity index (χ3v) is 6.74. The number of piperazine rings is 1. The van der Waals surface area contributed by atoms with Gasteiger partial charge in [0.05, 0.1) is 49.1 Å². The summed E-state index contributed by atoms with van der Waals surface area (Å²) >= 11 is 12.2. The van der Waals surface area contributed by atoms with Gasteiger partial charge in [-0.3, -0.25) is 4.72 Å². The molecule has 1 aliphatic heterocycles. The number of likely N-dealkylation sites (N-methyl/N-ethyl adjacent to an activating group) is 1. The van der Waals surface area contributed by atoms with E-state index < -0.39 is 10.0 Å². The number of rotatable bonds is 5. The normalized spacial score (nSPS) is 15.9. The number of quaternary nitrogens is 1. The van der Waals surface area contributed by atoms with E-state index in [0.29, 0.717) is 10.7 Å². The smallest absolute Gasteiger partial charge is 0.263 e. The minimum Gasteiger partial charge on any atom is -0.359 e. The Balaban J connectivity index is 1.91. The minimum atomic E-state index is -3.81. The molecule has 2 N–H and O–H groups in total. The van der Waals surface area contributed by atoms with Crippen LogP contribution >= 0.6 is 23.2 Å². The molecule has 2 aromatic carbocycles. The van der Waals surface area contributed by atoms with E-state index in [-0.39, 0.29) is 9.92 Å². The number of halogens is 2. The molecule has 1 heterocycles. The van der Waals surface area contributed by atoms with E-state index in [1.165, 1.54) is 6.07 Å². The van der Waals surface area contributed by atoms with Crippen LogP contribution < -0.4 is 14.5 Å². The van der Waals surface area contributed by atoms with E-state index in [4.69, 9.17) is 23.2 Å². The first kappa shape index (κ1) is 19.3. The fourth-order valence-corrected chi connectivity index (χ4v) is 4.90. The van der Waals surface area contributed by atoms with Crippen LogP contribution in [0.1, 0.15) is 6.92 Å². The Hall–Kier alpha value is -1.47. The molecule has 0 radical (unpaired) electrons. The van der Waals surface area contributed by atoms with Gasteiger partial charge in [0.15, 0.2) is 0 Å². The average Bonchev–Trinajstić information content (AvgIpc) is 2.62. The molecule has 0 aliphatic carbocycles. The van der Waals surface area contributed by atoms with Crippen molar-refractivity contribution >= 4 is 44.6 Å². The first-order valence-corrected chi connectivity index (χ1v) is 10.8. The first-order chi connectivity index (χ1) is 12.4. The molecular weight excluding hydrogens is 393 g/mol. The largest absolute Gasteiger partial charge is 0.359 e.